The number of ether oxygens (including phenoxy) is 1. The van der Waals surface area contributed by atoms with Crippen LogP contribution in [0.2, 0.25) is 5.02 Å². The summed E-state index contributed by atoms with van der Waals surface area (Å²) in [6.07, 6.45) is 0. The van der Waals surface area contributed by atoms with Crippen LogP contribution >= 0.6 is 11.6 Å². The standard InChI is InChI=1S/C18H21ClN2O2/c1-20(2)16-6-4-5-14(13-16)18(22)21(3)11-12-23-17-9-7-15(19)8-10-17/h4-10,13H,11-12H2,1-3H3. The lowest BCUT2D eigenvalue weighted by molar-refractivity contribution is 0.0774. The summed E-state index contributed by atoms with van der Waals surface area (Å²) in [5, 5.41) is 0.672. The molecule has 0 atom stereocenters. The Labute approximate surface area is 142 Å². The van der Waals surface area contributed by atoms with Crippen LogP contribution < -0.4 is 9.64 Å². The van der Waals surface area contributed by atoms with Gasteiger partial charge in [-0.15, -0.1) is 0 Å². The number of hydrogen-bond donors (Lipinski definition) is 0. The van der Waals surface area contributed by atoms with E-state index in [4.69, 9.17) is 16.3 Å². The number of anilines is 1. The minimum absolute atomic E-state index is 0.0200. The van der Waals surface area contributed by atoms with Gasteiger partial charge in [-0.25, -0.2) is 0 Å². The van der Waals surface area contributed by atoms with Crippen molar-refractivity contribution in [3.05, 3.63) is 59.1 Å². The van der Waals surface area contributed by atoms with Crippen LogP contribution in [0.1, 0.15) is 10.4 Å². The number of rotatable bonds is 6. The average Bonchev–Trinajstić information content (AvgIpc) is 2.56. The second-order valence-electron chi connectivity index (χ2n) is 5.47. The molecule has 23 heavy (non-hydrogen) atoms. The first-order valence-corrected chi connectivity index (χ1v) is 7.76. The van der Waals surface area contributed by atoms with Crippen molar-refractivity contribution < 1.29 is 9.53 Å². The smallest absolute Gasteiger partial charge is 0.253 e. The summed E-state index contributed by atoms with van der Waals surface area (Å²) >= 11 is 5.83. The SMILES string of the molecule is CN(CCOc1ccc(Cl)cc1)C(=O)c1cccc(N(C)C)c1. The molecular formula is C18H21ClN2O2. The number of carbonyl (C=O) groups is 1. The predicted molar refractivity (Wildman–Crippen MR) is 94.7 cm³/mol. The van der Waals surface area contributed by atoms with E-state index in [1.807, 2.05) is 55.4 Å². The number of likely N-dealkylation sites (N-methyl/N-ethyl adjacent to an activating group) is 1. The first-order valence-electron chi connectivity index (χ1n) is 7.38. The Kier molecular flexibility index (Phi) is 5.88. The Hall–Kier alpha value is -2.20. The van der Waals surface area contributed by atoms with Crippen LogP contribution in [0.4, 0.5) is 5.69 Å². The van der Waals surface area contributed by atoms with Crippen LogP contribution in [0.25, 0.3) is 0 Å². The van der Waals surface area contributed by atoms with Gasteiger partial charge in [0.1, 0.15) is 12.4 Å². The number of nitrogens with zero attached hydrogens (tertiary/aromatic N) is 2. The van der Waals surface area contributed by atoms with Crippen molar-refractivity contribution in [2.24, 2.45) is 0 Å². The van der Waals surface area contributed by atoms with Gasteiger partial charge in [-0.05, 0) is 42.5 Å². The highest BCUT2D eigenvalue weighted by molar-refractivity contribution is 6.30. The number of halogens is 1. The van der Waals surface area contributed by atoms with E-state index >= 15 is 0 Å². The Morgan fingerprint density at radius 3 is 2.43 bits per heavy atom. The van der Waals surface area contributed by atoms with Crippen molar-refractivity contribution in [1.29, 1.82) is 0 Å². The fraction of sp³-hybridized carbons (Fsp3) is 0.278. The van der Waals surface area contributed by atoms with Gasteiger partial charge in [-0.2, -0.15) is 0 Å². The highest BCUT2D eigenvalue weighted by Crippen LogP contribution is 2.16. The molecule has 0 saturated carbocycles. The zero-order valence-corrected chi connectivity index (χ0v) is 14.4. The monoisotopic (exact) mass is 332 g/mol. The quantitative estimate of drug-likeness (QED) is 0.811. The summed E-state index contributed by atoms with van der Waals surface area (Å²) in [5.41, 5.74) is 1.67. The van der Waals surface area contributed by atoms with E-state index < -0.39 is 0 Å². The fourth-order valence-electron chi connectivity index (χ4n) is 2.07. The number of carbonyl (C=O) groups excluding carboxylic acids is 1. The van der Waals surface area contributed by atoms with Crippen molar-refractivity contribution in [3.63, 3.8) is 0 Å². The molecule has 1 amide bonds. The lowest BCUT2D eigenvalue weighted by Gasteiger charge is -2.19. The minimum Gasteiger partial charge on any atom is -0.492 e. The van der Waals surface area contributed by atoms with E-state index in [0.29, 0.717) is 23.7 Å². The van der Waals surface area contributed by atoms with Crippen LogP contribution in [-0.2, 0) is 0 Å². The van der Waals surface area contributed by atoms with Crippen LogP contribution in [0.15, 0.2) is 48.5 Å². The Bertz CT molecular complexity index is 656. The number of amides is 1. The van der Waals surface area contributed by atoms with Crippen molar-refractivity contribution in [1.82, 2.24) is 4.90 Å². The fourth-order valence-corrected chi connectivity index (χ4v) is 2.20. The molecule has 0 unspecified atom stereocenters. The molecule has 0 saturated heterocycles. The largest absolute Gasteiger partial charge is 0.492 e. The molecular weight excluding hydrogens is 312 g/mol. The van der Waals surface area contributed by atoms with Gasteiger partial charge in [0.05, 0.1) is 6.54 Å². The maximum absolute atomic E-state index is 12.4. The van der Waals surface area contributed by atoms with Crippen molar-refractivity contribution in [2.75, 3.05) is 39.2 Å². The summed E-state index contributed by atoms with van der Waals surface area (Å²) in [5.74, 6) is 0.721. The van der Waals surface area contributed by atoms with Crippen LogP contribution in [-0.4, -0.2) is 45.1 Å². The van der Waals surface area contributed by atoms with Gasteiger partial charge in [0.15, 0.2) is 0 Å². The molecule has 2 aromatic rings. The molecule has 0 aromatic heterocycles. The summed E-state index contributed by atoms with van der Waals surface area (Å²) in [4.78, 5) is 16.1. The third kappa shape index (κ3) is 4.89. The van der Waals surface area contributed by atoms with E-state index in [0.717, 1.165) is 11.4 Å². The van der Waals surface area contributed by atoms with Crippen LogP contribution in [0, 0.1) is 0 Å². The normalized spacial score (nSPS) is 10.3. The lowest BCUT2D eigenvalue weighted by atomic mass is 10.1. The molecule has 122 valence electrons. The summed E-state index contributed by atoms with van der Waals surface area (Å²) in [7, 11) is 5.68. The van der Waals surface area contributed by atoms with Crippen LogP contribution in [0.5, 0.6) is 5.75 Å². The first kappa shape index (κ1) is 17.2. The second-order valence-corrected chi connectivity index (χ2v) is 5.91. The van der Waals surface area contributed by atoms with E-state index in [1.165, 1.54) is 0 Å². The lowest BCUT2D eigenvalue weighted by Crippen LogP contribution is -2.31. The summed E-state index contributed by atoms with van der Waals surface area (Å²) in [6, 6.07) is 14.7. The molecule has 2 aromatic carbocycles. The van der Waals surface area contributed by atoms with E-state index in [2.05, 4.69) is 0 Å². The van der Waals surface area contributed by atoms with Gasteiger partial charge < -0.3 is 14.5 Å². The van der Waals surface area contributed by atoms with Crippen LogP contribution in [0.3, 0.4) is 0 Å². The summed E-state index contributed by atoms with van der Waals surface area (Å²) < 4.78 is 5.62. The Balaban J connectivity index is 1.89. The van der Waals surface area contributed by atoms with Gasteiger partial charge in [0, 0.05) is 37.4 Å². The van der Waals surface area contributed by atoms with Crippen molar-refractivity contribution in [2.45, 2.75) is 0 Å². The molecule has 0 aliphatic carbocycles. The van der Waals surface area contributed by atoms with E-state index in [9.17, 15) is 4.79 Å². The van der Waals surface area contributed by atoms with Crippen molar-refractivity contribution in [3.8, 4) is 5.75 Å². The molecule has 0 spiro atoms. The third-order valence-corrected chi connectivity index (χ3v) is 3.72. The third-order valence-electron chi connectivity index (χ3n) is 3.47. The molecule has 2 rings (SSSR count). The molecule has 0 N–H and O–H groups in total. The zero-order chi connectivity index (χ0) is 16.8. The molecule has 5 heteroatoms. The minimum atomic E-state index is -0.0200. The molecule has 0 heterocycles. The maximum Gasteiger partial charge on any atom is 0.253 e. The van der Waals surface area contributed by atoms with Gasteiger partial charge in [-0.3, -0.25) is 4.79 Å². The number of benzene rings is 2. The molecule has 4 nitrogen and oxygen atoms in total. The highest BCUT2D eigenvalue weighted by Gasteiger charge is 2.12. The highest BCUT2D eigenvalue weighted by atomic mass is 35.5. The van der Waals surface area contributed by atoms with Gasteiger partial charge in [0.2, 0.25) is 0 Å². The Morgan fingerprint density at radius 1 is 1.09 bits per heavy atom. The van der Waals surface area contributed by atoms with Gasteiger partial charge >= 0.3 is 0 Å². The van der Waals surface area contributed by atoms with Gasteiger partial charge in [0.25, 0.3) is 5.91 Å². The van der Waals surface area contributed by atoms with E-state index in [1.54, 1.807) is 24.1 Å². The molecule has 0 radical (unpaired) electrons. The zero-order valence-electron chi connectivity index (χ0n) is 13.6. The first-order chi connectivity index (χ1) is 11.0. The topological polar surface area (TPSA) is 32.8 Å². The van der Waals surface area contributed by atoms with E-state index in [-0.39, 0.29) is 5.91 Å². The molecule has 0 aliphatic rings. The molecule has 0 fully saturated rings. The predicted octanol–water partition coefficient (Wildman–Crippen LogP) is 3.56. The second kappa shape index (κ2) is 7.88. The number of hydrogen-bond acceptors (Lipinski definition) is 3. The maximum atomic E-state index is 12.4. The molecule has 0 aliphatic heterocycles. The Morgan fingerprint density at radius 2 is 1.78 bits per heavy atom. The van der Waals surface area contributed by atoms with Gasteiger partial charge in [-0.1, -0.05) is 17.7 Å². The molecule has 0 bridgehead atoms. The van der Waals surface area contributed by atoms with Crippen molar-refractivity contribution >= 4 is 23.2 Å². The summed E-state index contributed by atoms with van der Waals surface area (Å²) in [6.45, 7) is 0.935. The average molecular weight is 333 g/mol.